The van der Waals surface area contributed by atoms with Crippen molar-refractivity contribution in [1.82, 2.24) is 10.2 Å². The lowest BCUT2D eigenvalue weighted by Crippen LogP contribution is -2.33. The van der Waals surface area contributed by atoms with E-state index >= 15 is 0 Å². The minimum Gasteiger partial charge on any atom is -0.309 e. The summed E-state index contributed by atoms with van der Waals surface area (Å²) in [4.78, 5) is 2.70. The van der Waals surface area contributed by atoms with Crippen molar-refractivity contribution in [2.45, 2.75) is 57.8 Å². The number of rotatable bonds is 4. The number of benzene rings is 1. The van der Waals surface area contributed by atoms with Crippen molar-refractivity contribution in [3.63, 3.8) is 0 Å². The molecule has 2 heteroatoms. The Bertz CT molecular complexity index is 394. The largest absolute Gasteiger partial charge is 0.309 e. The lowest BCUT2D eigenvalue weighted by molar-refractivity contribution is 0.255. The van der Waals surface area contributed by atoms with E-state index in [1.165, 1.54) is 36.9 Å². The van der Waals surface area contributed by atoms with Crippen LogP contribution in [0, 0.1) is 6.92 Å². The fraction of sp³-hybridized carbons (Fsp3) is 0.625. The van der Waals surface area contributed by atoms with Crippen molar-refractivity contribution in [1.29, 1.82) is 0 Å². The molecule has 18 heavy (non-hydrogen) atoms. The Morgan fingerprint density at radius 2 is 1.94 bits per heavy atom. The molecule has 1 aromatic carbocycles. The molecule has 1 heterocycles. The first-order valence-corrected chi connectivity index (χ1v) is 7.27. The second kappa shape index (κ2) is 5.02. The van der Waals surface area contributed by atoms with Gasteiger partial charge in [0, 0.05) is 31.2 Å². The average Bonchev–Trinajstić information content (AvgIpc) is 3.13. The Kier molecular flexibility index (Phi) is 3.40. The highest BCUT2D eigenvalue weighted by Crippen LogP contribution is 2.33. The molecule has 0 aromatic heterocycles. The van der Waals surface area contributed by atoms with Crippen LogP contribution in [0.15, 0.2) is 24.3 Å². The van der Waals surface area contributed by atoms with Crippen LogP contribution in [0.1, 0.15) is 37.3 Å². The number of nitrogens with zero attached hydrogens (tertiary/aromatic N) is 1. The van der Waals surface area contributed by atoms with Gasteiger partial charge in [-0.05, 0) is 38.7 Å². The molecule has 1 saturated heterocycles. The van der Waals surface area contributed by atoms with Crippen LogP contribution in [-0.2, 0) is 6.54 Å². The van der Waals surface area contributed by atoms with Gasteiger partial charge in [0.15, 0.2) is 0 Å². The summed E-state index contributed by atoms with van der Waals surface area (Å²) in [5.41, 5.74) is 2.74. The molecule has 1 saturated carbocycles. The monoisotopic (exact) mass is 244 g/mol. The minimum atomic E-state index is 0.682. The Hall–Kier alpha value is -0.860. The first-order valence-electron chi connectivity index (χ1n) is 7.27. The van der Waals surface area contributed by atoms with E-state index < -0.39 is 0 Å². The summed E-state index contributed by atoms with van der Waals surface area (Å²) < 4.78 is 0. The zero-order valence-electron chi connectivity index (χ0n) is 11.5. The van der Waals surface area contributed by atoms with Gasteiger partial charge in [0.1, 0.15) is 0 Å². The molecule has 2 atom stereocenters. The van der Waals surface area contributed by atoms with Gasteiger partial charge < -0.3 is 5.32 Å². The molecule has 0 spiro atoms. The number of likely N-dealkylation sites (tertiary alicyclic amines) is 1. The van der Waals surface area contributed by atoms with Gasteiger partial charge in [0.2, 0.25) is 0 Å². The minimum absolute atomic E-state index is 0.682. The average molecular weight is 244 g/mol. The van der Waals surface area contributed by atoms with E-state index in [0.29, 0.717) is 6.04 Å². The van der Waals surface area contributed by atoms with Gasteiger partial charge in [-0.25, -0.2) is 0 Å². The molecule has 0 bridgehead atoms. The van der Waals surface area contributed by atoms with Gasteiger partial charge in [0.25, 0.3) is 0 Å². The van der Waals surface area contributed by atoms with Crippen molar-refractivity contribution in [3.8, 4) is 0 Å². The van der Waals surface area contributed by atoms with Gasteiger partial charge in [-0.15, -0.1) is 0 Å². The maximum absolute atomic E-state index is 3.72. The number of hydrogen-bond acceptors (Lipinski definition) is 2. The second-order valence-electron chi connectivity index (χ2n) is 6.08. The fourth-order valence-electron chi connectivity index (χ4n) is 3.09. The molecule has 2 nitrogen and oxygen atoms in total. The molecule has 0 radical (unpaired) electrons. The predicted molar refractivity (Wildman–Crippen MR) is 75.6 cm³/mol. The zero-order valence-corrected chi connectivity index (χ0v) is 11.5. The van der Waals surface area contributed by atoms with E-state index in [0.717, 1.165) is 18.6 Å². The predicted octanol–water partition coefficient (Wildman–Crippen LogP) is 2.71. The molecule has 98 valence electrons. The first kappa shape index (κ1) is 12.2. The van der Waals surface area contributed by atoms with E-state index in [2.05, 4.69) is 48.3 Å². The zero-order chi connectivity index (χ0) is 12.5. The van der Waals surface area contributed by atoms with Crippen LogP contribution in [0.4, 0.5) is 0 Å². The standard InChI is InChI=1S/C16H24N2/c1-12-3-5-14(6-4-12)10-17-15-9-13(2)18(11-15)16-7-8-16/h3-6,13,15-17H,7-11H2,1-2H3. The van der Waals surface area contributed by atoms with Crippen molar-refractivity contribution in [3.05, 3.63) is 35.4 Å². The Labute approximate surface area is 110 Å². The summed E-state index contributed by atoms with van der Waals surface area (Å²) in [6, 6.07) is 11.2. The second-order valence-corrected chi connectivity index (χ2v) is 6.08. The highest BCUT2D eigenvalue weighted by Gasteiger charge is 2.38. The maximum Gasteiger partial charge on any atom is 0.0213 e. The van der Waals surface area contributed by atoms with Crippen molar-refractivity contribution in [2.24, 2.45) is 0 Å². The van der Waals surface area contributed by atoms with Crippen LogP contribution in [0.5, 0.6) is 0 Å². The Morgan fingerprint density at radius 1 is 1.22 bits per heavy atom. The molecule has 0 amide bonds. The Balaban J connectivity index is 1.50. The summed E-state index contributed by atoms with van der Waals surface area (Å²) in [5, 5.41) is 3.72. The lowest BCUT2D eigenvalue weighted by Gasteiger charge is -2.19. The van der Waals surface area contributed by atoms with Crippen molar-refractivity contribution in [2.75, 3.05) is 6.54 Å². The van der Waals surface area contributed by atoms with Crippen LogP contribution in [-0.4, -0.2) is 29.6 Å². The van der Waals surface area contributed by atoms with Crippen molar-refractivity contribution >= 4 is 0 Å². The van der Waals surface area contributed by atoms with Gasteiger partial charge in [0.05, 0.1) is 0 Å². The van der Waals surface area contributed by atoms with Crippen LogP contribution in [0.3, 0.4) is 0 Å². The lowest BCUT2D eigenvalue weighted by atomic mass is 10.1. The third-order valence-corrected chi connectivity index (χ3v) is 4.35. The quantitative estimate of drug-likeness (QED) is 0.876. The summed E-state index contributed by atoms with van der Waals surface area (Å²) >= 11 is 0. The topological polar surface area (TPSA) is 15.3 Å². The van der Waals surface area contributed by atoms with E-state index in [1.54, 1.807) is 0 Å². The van der Waals surface area contributed by atoms with Crippen LogP contribution < -0.4 is 5.32 Å². The van der Waals surface area contributed by atoms with Gasteiger partial charge in [-0.3, -0.25) is 4.90 Å². The summed E-state index contributed by atoms with van der Waals surface area (Å²) in [6.45, 7) is 6.78. The fourth-order valence-corrected chi connectivity index (χ4v) is 3.09. The van der Waals surface area contributed by atoms with Crippen LogP contribution >= 0.6 is 0 Å². The molecule has 1 aliphatic heterocycles. The summed E-state index contributed by atoms with van der Waals surface area (Å²) in [7, 11) is 0. The van der Waals surface area contributed by atoms with E-state index in [9.17, 15) is 0 Å². The van der Waals surface area contributed by atoms with E-state index in [4.69, 9.17) is 0 Å². The van der Waals surface area contributed by atoms with Crippen LogP contribution in [0.2, 0.25) is 0 Å². The molecule has 2 unspecified atom stereocenters. The van der Waals surface area contributed by atoms with E-state index in [1.807, 2.05) is 0 Å². The highest BCUT2D eigenvalue weighted by molar-refractivity contribution is 5.21. The highest BCUT2D eigenvalue weighted by atomic mass is 15.3. The SMILES string of the molecule is Cc1ccc(CNC2CC(C)N(C3CC3)C2)cc1. The smallest absolute Gasteiger partial charge is 0.0213 e. The van der Waals surface area contributed by atoms with Crippen molar-refractivity contribution < 1.29 is 0 Å². The first-order chi connectivity index (χ1) is 8.72. The van der Waals surface area contributed by atoms with Crippen LogP contribution in [0.25, 0.3) is 0 Å². The number of hydrogen-bond donors (Lipinski definition) is 1. The van der Waals surface area contributed by atoms with E-state index in [-0.39, 0.29) is 0 Å². The third kappa shape index (κ3) is 2.76. The van der Waals surface area contributed by atoms with Gasteiger partial charge in [-0.1, -0.05) is 29.8 Å². The molecular weight excluding hydrogens is 220 g/mol. The normalized spacial score (nSPS) is 28.8. The Morgan fingerprint density at radius 3 is 2.61 bits per heavy atom. The molecule has 1 N–H and O–H groups in total. The summed E-state index contributed by atoms with van der Waals surface area (Å²) in [5.74, 6) is 0. The molecule has 2 aliphatic rings. The number of nitrogens with one attached hydrogen (secondary N) is 1. The molecular formula is C16H24N2. The molecule has 1 aliphatic carbocycles. The number of aryl methyl sites for hydroxylation is 1. The third-order valence-electron chi connectivity index (χ3n) is 4.35. The molecule has 1 aromatic rings. The molecule has 3 rings (SSSR count). The molecule has 2 fully saturated rings. The maximum atomic E-state index is 3.72. The summed E-state index contributed by atoms with van der Waals surface area (Å²) in [6.07, 6.45) is 4.16. The van der Waals surface area contributed by atoms with Gasteiger partial charge in [-0.2, -0.15) is 0 Å². The van der Waals surface area contributed by atoms with Gasteiger partial charge >= 0.3 is 0 Å².